The van der Waals surface area contributed by atoms with Crippen molar-refractivity contribution < 1.29 is 41.7 Å². The molecule has 0 spiro atoms. The van der Waals surface area contributed by atoms with Crippen LogP contribution in [0.3, 0.4) is 0 Å². The number of hydroxylamine groups is 2. The van der Waals surface area contributed by atoms with Crippen molar-refractivity contribution in [2.45, 2.75) is 53.0 Å². The molecule has 0 radical (unpaired) electrons. The molecule has 45 heavy (non-hydrogen) atoms. The van der Waals surface area contributed by atoms with Crippen molar-refractivity contribution in [3.8, 4) is 0 Å². The summed E-state index contributed by atoms with van der Waals surface area (Å²) in [7, 11) is 4.50. The lowest BCUT2D eigenvalue weighted by molar-refractivity contribution is -0.197. The van der Waals surface area contributed by atoms with Crippen molar-refractivity contribution in [1.29, 1.82) is 0 Å². The fourth-order valence-electron chi connectivity index (χ4n) is 2.79. The topological polar surface area (TPSA) is 223 Å². The Hall–Kier alpha value is -4.92. The first kappa shape index (κ1) is 42.2. The molecule has 5 heterocycles. The van der Waals surface area contributed by atoms with E-state index in [0.29, 0.717) is 10.8 Å². The molecular formula is C31H47N5O9. The molecule has 4 aromatic heterocycles. The van der Waals surface area contributed by atoms with Gasteiger partial charge in [0.25, 0.3) is 11.8 Å². The average molecular weight is 634 g/mol. The fourth-order valence-corrected chi connectivity index (χ4v) is 2.79. The predicted molar refractivity (Wildman–Crippen MR) is 168 cm³/mol. The first-order valence-corrected chi connectivity index (χ1v) is 13.8. The Morgan fingerprint density at radius 1 is 0.689 bits per heavy atom. The normalized spacial score (nSPS) is 10.6. The summed E-state index contributed by atoms with van der Waals surface area (Å²) in [6.07, 6.45) is 6.23. The molecule has 3 amide bonds. The summed E-state index contributed by atoms with van der Waals surface area (Å²) in [5.74, 6) is 1.25. The van der Waals surface area contributed by atoms with E-state index in [1.165, 1.54) is 27.4 Å². The maximum atomic E-state index is 11.5. The van der Waals surface area contributed by atoms with Gasteiger partial charge in [-0.3, -0.25) is 14.4 Å². The molecule has 5 rings (SSSR count). The molecule has 4 aromatic rings. The molecule has 1 fully saturated rings. The number of nitrogens with one attached hydrogen (secondary N) is 1. The van der Waals surface area contributed by atoms with Crippen LogP contribution in [0.1, 0.15) is 48.7 Å². The molecule has 0 aromatic carbocycles. The van der Waals surface area contributed by atoms with Gasteiger partial charge in [0, 0.05) is 19.3 Å². The highest BCUT2D eigenvalue weighted by Crippen LogP contribution is 2.13. The molecule has 1 aliphatic rings. The van der Waals surface area contributed by atoms with Gasteiger partial charge >= 0.3 is 5.97 Å². The molecule has 1 aliphatic heterocycles. The van der Waals surface area contributed by atoms with Gasteiger partial charge in [-0.05, 0) is 90.4 Å². The van der Waals surface area contributed by atoms with Crippen LogP contribution in [0.5, 0.6) is 0 Å². The number of rotatable bonds is 6. The van der Waals surface area contributed by atoms with Crippen LogP contribution in [0.15, 0.2) is 91.3 Å². The van der Waals surface area contributed by atoms with Crippen molar-refractivity contribution in [2.75, 3.05) is 21.1 Å². The lowest BCUT2D eigenvalue weighted by Crippen LogP contribution is -2.32. The summed E-state index contributed by atoms with van der Waals surface area (Å²) in [6.45, 7) is 5.98. The molecule has 0 aliphatic carbocycles. The summed E-state index contributed by atoms with van der Waals surface area (Å²) in [6, 6.07) is 14.8. The third kappa shape index (κ3) is 21.4. The Balaban J connectivity index is 0. The number of amides is 3. The number of imide groups is 1. The Labute approximate surface area is 263 Å². The minimum atomic E-state index is -0.799. The van der Waals surface area contributed by atoms with Crippen LogP contribution in [-0.2, 0) is 30.6 Å². The van der Waals surface area contributed by atoms with E-state index >= 15 is 0 Å². The monoisotopic (exact) mass is 633 g/mol. The molecule has 0 atom stereocenters. The van der Waals surface area contributed by atoms with E-state index in [0.717, 1.165) is 17.3 Å². The number of hydrogen-bond acceptors (Lipinski definition) is 12. The largest absolute Gasteiger partial charge is 0.470 e. The standard InChI is InChI=1S/C13H14N2O6.3C5H6O.3CH5N/c16-10(14-8-9-2-1-7-20-9)3-6-13(19)21-15-11(17)4-5-12(15)18;3*1-5-3-2-4-6-5;3*1-2/h1-2,7H,3-6,8H2,(H,14,16);3*2-4H,1H3;3*2H2,1H3. The van der Waals surface area contributed by atoms with Gasteiger partial charge < -0.3 is 45.0 Å². The zero-order valence-electron chi connectivity index (χ0n) is 26.8. The van der Waals surface area contributed by atoms with Gasteiger partial charge in [-0.2, -0.15) is 0 Å². The van der Waals surface area contributed by atoms with Crippen LogP contribution >= 0.6 is 0 Å². The number of carbonyl (C=O) groups excluding carboxylic acids is 4. The second kappa shape index (κ2) is 27.9. The minimum Gasteiger partial charge on any atom is -0.470 e. The average Bonchev–Trinajstić information content (AvgIpc) is 3.92. The van der Waals surface area contributed by atoms with E-state index in [2.05, 4.69) is 27.4 Å². The molecule has 0 unspecified atom stereocenters. The summed E-state index contributed by atoms with van der Waals surface area (Å²) < 4.78 is 19.5. The molecule has 14 nitrogen and oxygen atoms in total. The van der Waals surface area contributed by atoms with E-state index in [-0.39, 0.29) is 38.1 Å². The predicted octanol–water partition coefficient (Wildman–Crippen LogP) is 3.77. The molecule has 250 valence electrons. The van der Waals surface area contributed by atoms with Crippen molar-refractivity contribution in [3.63, 3.8) is 0 Å². The quantitative estimate of drug-likeness (QED) is 0.223. The van der Waals surface area contributed by atoms with Gasteiger partial charge in [0.15, 0.2) is 0 Å². The van der Waals surface area contributed by atoms with Crippen molar-refractivity contribution in [1.82, 2.24) is 10.4 Å². The van der Waals surface area contributed by atoms with E-state index in [1.54, 1.807) is 30.9 Å². The van der Waals surface area contributed by atoms with E-state index in [1.807, 2.05) is 57.2 Å². The number of nitrogens with two attached hydrogens (primary N) is 3. The third-order valence-electron chi connectivity index (χ3n) is 4.79. The number of aryl methyl sites for hydroxylation is 3. The number of furan rings is 4. The number of hydrogen-bond donors (Lipinski definition) is 4. The maximum absolute atomic E-state index is 11.5. The molecule has 0 bridgehead atoms. The Bertz CT molecular complexity index is 1150. The Kier molecular flexibility index (Phi) is 26.2. The van der Waals surface area contributed by atoms with E-state index in [4.69, 9.17) is 17.7 Å². The van der Waals surface area contributed by atoms with Crippen LogP contribution in [0.2, 0.25) is 0 Å². The molecule has 0 saturated carbocycles. The first-order valence-electron chi connectivity index (χ1n) is 13.8. The summed E-state index contributed by atoms with van der Waals surface area (Å²) in [4.78, 5) is 50.1. The van der Waals surface area contributed by atoms with Crippen LogP contribution in [0.4, 0.5) is 0 Å². The van der Waals surface area contributed by atoms with Gasteiger partial charge in [0.1, 0.15) is 23.0 Å². The minimum absolute atomic E-state index is 0.0374. The smallest absolute Gasteiger partial charge is 0.333 e. The molecule has 7 N–H and O–H groups in total. The lowest BCUT2D eigenvalue weighted by Gasteiger charge is -2.12. The zero-order valence-corrected chi connectivity index (χ0v) is 26.8. The van der Waals surface area contributed by atoms with Gasteiger partial charge in [0.2, 0.25) is 5.91 Å². The zero-order chi connectivity index (χ0) is 34.5. The fraction of sp³-hybridized carbons (Fsp3) is 0.355. The highest BCUT2D eigenvalue weighted by atomic mass is 16.7. The Morgan fingerprint density at radius 3 is 1.40 bits per heavy atom. The summed E-state index contributed by atoms with van der Waals surface area (Å²) in [5, 5.41) is 3.03. The maximum Gasteiger partial charge on any atom is 0.333 e. The van der Waals surface area contributed by atoms with Crippen LogP contribution in [-0.4, -0.2) is 49.9 Å². The third-order valence-corrected chi connectivity index (χ3v) is 4.79. The van der Waals surface area contributed by atoms with E-state index in [9.17, 15) is 19.2 Å². The number of carbonyl (C=O) groups is 4. The van der Waals surface area contributed by atoms with Gasteiger partial charge in [-0.25, -0.2) is 4.79 Å². The van der Waals surface area contributed by atoms with Crippen molar-refractivity contribution in [3.05, 3.63) is 96.6 Å². The molecule has 1 saturated heterocycles. The highest BCUT2D eigenvalue weighted by molar-refractivity contribution is 6.01. The first-order chi connectivity index (χ1) is 21.7. The second-order valence-electron chi connectivity index (χ2n) is 8.07. The van der Waals surface area contributed by atoms with Gasteiger partial charge in [0.05, 0.1) is 38.0 Å². The lowest BCUT2D eigenvalue weighted by atomic mass is 10.3. The van der Waals surface area contributed by atoms with Crippen molar-refractivity contribution >= 4 is 23.7 Å². The number of nitrogens with zero attached hydrogens (tertiary/aromatic N) is 1. The SMILES string of the molecule is CN.CN.CN.Cc1ccco1.Cc1ccco1.Cc1ccco1.O=C(CCC(=O)ON1C(=O)CCC1=O)NCc1ccco1. The Morgan fingerprint density at radius 2 is 1.09 bits per heavy atom. The summed E-state index contributed by atoms with van der Waals surface area (Å²) >= 11 is 0. The van der Waals surface area contributed by atoms with Crippen LogP contribution in [0.25, 0.3) is 0 Å². The molecule has 14 heteroatoms. The van der Waals surface area contributed by atoms with Gasteiger partial charge in [-0.15, -0.1) is 5.06 Å². The van der Waals surface area contributed by atoms with E-state index < -0.39 is 17.8 Å². The molecular weight excluding hydrogens is 586 g/mol. The van der Waals surface area contributed by atoms with Crippen molar-refractivity contribution in [2.24, 2.45) is 17.2 Å². The summed E-state index contributed by atoms with van der Waals surface area (Å²) in [5.41, 5.74) is 13.5. The second-order valence-corrected chi connectivity index (χ2v) is 8.07. The van der Waals surface area contributed by atoms with Crippen LogP contribution < -0.4 is 22.5 Å². The van der Waals surface area contributed by atoms with Crippen LogP contribution in [0, 0.1) is 20.8 Å². The van der Waals surface area contributed by atoms with Gasteiger partial charge in [-0.1, -0.05) is 0 Å². The highest BCUT2D eigenvalue weighted by Gasteiger charge is 2.32.